The third-order valence-electron chi connectivity index (χ3n) is 5.05. The Kier molecular flexibility index (Phi) is 7.22. The molecule has 1 atom stereocenters. The van der Waals surface area contributed by atoms with E-state index in [0.717, 1.165) is 19.3 Å². The normalized spacial score (nSPS) is 17.6. The summed E-state index contributed by atoms with van der Waals surface area (Å²) in [6.07, 6.45) is 4.06. The van der Waals surface area contributed by atoms with Crippen LogP contribution in [0.3, 0.4) is 0 Å². The first-order valence-electron chi connectivity index (χ1n) is 9.55. The Labute approximate surface area is 168 Å². The molecule has 1 fully saturated rings. The molecule has 0 saturated heterocycles. The lowest BCUT2D eigenvalue weighted by atomic mass is 9.75. The van der Waals surface area contributed by atoms with Gasteiger partial charge in [0.15, 0.2) is 14.2 Å². The van der Waals surface area contributed by atoms with Crippen molar-refractivity contribution >= 4 is 20.2 Å². The molecule has 0 aromatic heterocycles. The van der Waals surface area contributed by atoms with E-state index >= 15 is 0 Å². The number of ether oxygens (including phenoxy) is 3. The highest BCUT2D eigenvalue weighted by Gasteiger charge is 2.57. The highest BCUT2D eigenvalue weighted by atomic mass is 31.1. The standard InChI is InChI=1S/C21H29O6P/c1-20(2,3)27-19(23)21(28-24,14-10-7-6-8-11-14)18(22)17-15(25-4)12-9-13-16(17)26-5/h9,12-14H,6-8,10-11H2,1-5H3. The molecule has 2 rings (SSSR count). The molecule has 1 unspecified atom stereocenters. The maximum Gasteiger partial charge on any atom is 0.332 e. The first-order valence-corrected chi connectivity index (χ1v) is 10.4. The first kappa shape index (κ1) is 22.4. The number of Topliss-reactive ketones (excluding diaryl/α,β-unsaturated/α-hetero) is 1. The van der Waals surface area contributed by atoms with Crippen LogP contribution in [0.15, 0.2) is 18.2 Å². The minimum absolute atomic E-state index is 0.118. The molecule has 0 amide bonds. The van der Waals surface area contributed by atoms with Crippen molar-refractivity contribution in [2.45, 2.75) is 63.6 Å². The highest BCUT2D eigenvalue weighted by Crippen LogP contribution is 2.47. The van der Waals surface area contributed by atoms with Gasteiger partial charge in [0.1, 0.15) is 22.7 Å². The van der Waals surface area contributed by atoms with Gasteiger partial charge in [0.05, 0.1) is 14.2 Å². The molecule has 1 aromatic rings. The van der Waals surface area contributed by atoms with Crippen LogP contribution in [0.2, 0.25) is 0 Å². The Morgan fingerprint density at radius 3 is 1.96 bits per heavy atom. The average molecular weight is 408 g/mol. The first-order chi connectivity index (χ1) is 13.2. The van der Waals surface area contributed by atoms with Gasteiger partial charge in [0.2, 0.25) is 5.16 Å². The number of methoxy groups -OCH3 is 2. The van der Waals surface area contributed by atoms with Crippen LogP contribution in [0.5, 0.6) is 11.5 Å². The third kappa shape index (κ3) is 4.38. The average Bonchev–Trinajstić information content (AvgIpc) is 2.67. The zero-order valence-corrected chi connectivity index (χ0v) is 18.1. The van der Waals surface area contributed by atoms with Gasteiger partial charge in [-0.2, -0.15) is 0 Å². The molecular weight excluding hydrogens is 379 g/mol. The van der Waals surface area contributed by atoms with Crippen LogP contribution in [-0.2, 0) is 14.1 Å². The minimum atomic E-state index is -1.82. The highest BCUT2D eigenvalue weighted by molar-refractivity contribution is 7.30. The summed E-state index contributed by atoms with van der Waals surface area (Å²) in [7, 11) is 2.31. The van der Waals surface area contributed by atoms with Gasteiger partial charge in [-0.15, -0.1) is 0 Å². The molecule has 28 heavy (non-hydrogen) atoms. The second kappa shape index (κ2) is 9.04. The van der Waals surface area contributed by atoms with E-state index in [2.05, 4.69) is 0 Å². The lowest BCUT2D eigenvalue weighted by Gasteiger charge is -2.36. The molecular formula is C21H29O6P. The number of ketones is 1. The molecule has 0 heterocycles. The van der Waals surface area contributed by atoms with Crippen LogP contribution in [-0.4, -0.2) is 36.7 Å². The van der Waals surface area contributed by atoms with Crippen LogP contribution < -0.4 is 9.47 Å². The number of rotatable bonds is 7. The molecule has 1 saturated carbocycles. The van der Waals surface area contributed by atoms with Crippen molar-refractivity contribution in [1.82, 2.24) is 0 Å². The van der Waals surface area contributed by atoms with Crippen LogP contribution >= 0.6 is 8.46 Å². The van der Waals surface area contributed by atoms with Crippen molar-refractivity contribution < 1.29 is 28.4 Å². The van der Waals surface area contributed by atoms with E-state index in [1.807, 2.05) is 0 Å². The van der Waals surface area contributed by atoms with E-state index in [0.29, 0.717) is 12.8 Å². The van der Waals surface area contributed by atoms with Crippen LogP contribution in [0.1, 0.15) is 63.2 Å². The summed E-state index contributed by atoms with van der Waals surface area (Å²) in [6, 6.07) is 4.94. The zero-order chi connectivity index (χ0) is 20.9. The van der Waals surface area contributed by atoms with Crippen LogP contribution in [0.4, 0.5) is 0 Å². The van der Waals surface area contributed by atoms with Crippen molar-refractivity contribution in [2.24, 2.45) is 5.92 Å². The molecule has 154 valence electrons. The van der Waals surface area contributed by atoms with Gasteiger partial charge in [-0.3, -0.25) is 14.2 Å². The summed E-state index contributed by atoms with van der Waals surface area (Å²) in [6.45, 7) is 5.19. The predicted octanol–water partition coefficient (Wildman–Crippen LogP) is 4.84. The van der Waals surface area contributed by atoms with Gasteiger partial charge in [-0.1, -0.05) is 25.3 Å². The fourth-order valence-corrected chi connectivity index (χ4v) is 4.46. The van der Waals surface area contributed by atoms with Crippen molar-refractivity contribution in [3.05, 3.63) is 23.8 Å². The van der Waals surface area contributed by atoms with Gasteiger partial charge in [-0.05, 0) is 51.7 Å². The minimum Gasteiger partial charge on any atom is -0.496 e. The summed E-state index contributed by atoms with van der Waals surface area (Å²) in [5.74, 6) is -1.17. The smallest absolute Gasteiger partial charge is 0.332 e. The topological polar surface area (TPSA) is 78.9 Å². The van der Waals surface area contributed by atoms with E-state index in [9.17, 15) is 14.2 Å². The Morgan fingerprint density at radius 1 is 1.00 bits per heavy atom. The number of esters is 1. The molecule has 0 radical (unpaired) electrons. The van der Waals surface area contributed by atoms with E-state index < -0.39 is 31.0 Å². The molecule has 1 aromatic carbocycles. The third-order valence-corrected chi connectivity index (χ3v) is 6.09. The fraction of sp³-hybridized carbons (Fsp3) is 0.619. The van der Waals surface area contributed by atoms with E-state index in [1.165, 1.54) is 14.2 Å². The molecule has 0 N–H and O–H groups in total. The lowest BCUT2D eigenvalue weighted by molar-refractivity contribution is -0.158. The monoisotopic (exact) mass is 408 g/mol. The second-order valence-electron chi connectivity index (χ2n) is 8.06. The number of hydrogen-bond donors (Lipinski definition) is 0. The Bertz CT molecular complexity index is 711. The van der Waals surface area contributed by atoms with E-state index in [1.54, 1.807) is 39.0 Å². The van der Waals surface area contributed by atoms with Crippen LogP contribution in [0, 0.1) is 5.92 Å². The zero-order valence-electron chi connectivity index (χ0n) is 17.2. The van der Waals surface area contributed by atoms with Gasteiger partial charge in [0, 0.05) is 0 Å². The number of carbonyl (C=O) groups excluding carboxylic acids is 2. The molecule has 1 aliphatic carbocycles. The molecule has 0 spiro atoms. The predicted molar refractivity (Wildman–Crippen MR) is 107 cm³/mol. The lowest BCUT2D eigenvalue weighted by Crippen LogP contribution is -2.51. The van der Waals surface area contributed by atoms with E-state index in [-0.39, 0.29) is 23.0 Å². The van der Waals surface area contributed by atoms with Crippen molar-refractivity contribution in [2.75, 3.05) is 14.2 Å². The van der Waals surface area contributed by atoms with Crippen molar-refractivity contribution in [1.29, 1.82) is 0 Å². The van der Waals surface area contributed by atoms with Gasteiger partial charge in [0.25, 0.3) is 0 Å². The maximum atomic E-state index is 13.8. The van der Waals surface area contributed by atoms with Gasteiger partial charge >= 0.3 is 5.97 Å². The number of carbonyl (C=O) groups is 2. The second-order valence-corrected chi connectivity index (χ2v) is 8.95. The van der Waals surface area contributed by atoms with Gasteiger partial charge in [-0.25, -0.2) is 0 Å². The maximum absolute atomic E-state index is 13.8. The summed E-state index contributed by atoms with van der Waals surface area (Å²) >= 11 is 0. The molecule has 0 bridgehead atoms. The Hall–Kier alpha value is -1.94. The Balaban J connectivity index is 2.66. The summed E-state index contributed by atoms with van der Waals surface area (Å²) in [5, 5.41) is -1.82. The molecule has 0 aliphatic heterocycles. The van der Waals surface area contributed by atoms with Crippen molar-refractivity contribution in [3.8, 4) is 11.5 Å². The van der Waals surface area contributed by atoms with Crippen molar-refractivity contribution in [3.63, 3.8) is 0 Å². The molecule has 6 nitrogen and oxygen atoms in total. The van der Waals surface area contributed by atoms with Gasteiger partial charge < -0.3 is 14.2 Å². The number of benzene rings is 1. The molecule has 1 aliphatic rings. The van der Waals surface area contributed by atoms with E-state index in [4.69, 9.17) is 14.2 Å². The summed E-state index contributed by atoms with van der Waals surface area (Å²) < 4.78 is 28.9. The quantitative estimate of drug-likeness (QED) is 0.278. The Morgan fingerprint density at radius 2 is 1.54 bits per heavy atom. The fourth-order valence-electron chi connectivity index (χ4n) is 3.74. The largest absolute Gasteiger partial charge is 0.496 e. The molecule has 7 heteroatoms. The summed E-state index contributed by atoms with van der Waals surface area (Å²) in [5.41, 5.74) is -0.695. The van der Waals surface area contributed by atoms with Crippen LogP contribution in [0.25, 0.3) is 0 Å². The summed E-state index contributed by atoms with van der Waals surface area (Å²) in [4.78, 5) is 27.1. The number of hydrogen-bond acceptors (Lipinski definition) is 6. The SMILES string of the molecule is COc1cccc(OC)c1C(=O)C(P=O)(C(=O)OC(C)(C)C)C1CCCCC1.